The zero-order valence-electron chi connectivity index (χ0n) is 6.91. The van der Waals surface area contributed by atoms with E-state index in [-0.39, 0.29) is 0 Å². The third-order valence-corrected chi connectivity index (χ3v) is 2.17. The largest absolute Gasteiger partial charge is 0.465 e. The van der Waals surface area contributed by atoms with Gasteiger partial charge in [0.05, 0.1) is 5.69 Å². The van der Waals surface area contributed by atoms with Gasteiger partial charge in [-0.05, 0) is 22.0 Å². The van der Waals surface area contributed by atoms with Crippen LogP contribution in [0.5, 0.6) is 0 Å². The van der Waals surface area contributed by atoms with Crippen molar-refractivity contribution in [1.82, 2.24) is 9.97 Å². The van der Waals surface area contributed by atoms with Gasteiger partial charge in [0, 0.05) is 22.3 Å². The van der Waals surface area contributed by atoms with Crippen LogP contribution in [0.2, 0.25) is 0 Å². The minimum atomic E-state index is -1.09. The van der Waals surface area contributed by atoms with Crippen molar-refractivity contribution in [3.05, 3.63) is 22.9 Å². The van der Waals surface area contributed by atoms with Crippen LogP contribution in [0.1, 0.15) is 0 Å². The zero-order chi connectivity index (χ0) is 10.1. The number of aromatic amines is 1. The van der Waals surface area contributed by atoms with Crippen molar-refractivity contribution >= 4 is 38.7 Å². The maximum absolute atomic E-state index is 10.4. The molecular formula is C8H6BrN3O2. The number of aromatic nitrogens is 2. The Morgan fingerprint density at radius 2 is 2.43 bits per heavy atom. The van der Waals surface area contributed by atoms with Crippen molar-refractivity contribution in [3.63, 3.8) is 0 Å². The molecule has 0 unspecified atom stereocenters. The maximum atomic E-state index is 10.4. The topological polar surface area (TPSA) is 78.0 Å². The van der Waals surface area contributed by atoms with Crippen molar-refractivity contribution in [2.24, 2.45) is 0 Å². The Morgan fingerprint density at radius 3 is 3.14 bits per heavy atom. The second-order valence-electron chi connectivity index (χ2n) is 2.68. The minimum Gasteiger partial charge on any atom is -0.465 e. The summed E-state index contributed by atoms with van der Waals surface area (Å²) in [5, 5.41) is 11.6. The number of hydrogen-bond acceptors (Lipinski definition) is 2. The summed E-state index contributed by atoms with van der Waals surface area (Å²) in [4.78, 5) is 17.4. The van der Waals surface area contributed by atoms with E-state index in [0.717, 1.165) is 9.86 Å². The molecule has 0 saturated carbocycles. The number of carboxylic acid groups (broad SMARTS) is 1. The Bertz CT molecular complexity index is 494. The maximum Gasteiger partial charge on any atom is 0.409 e. The average molecular weight is 256 g/mol. The van der Waals surface area contributed by atoms with Gasteiger partial charge in [0.2, 0.25) is 0 Å². The third-order valence-electron chi connectivity index (χ3n) is 1.74. The molecule has 0 aliphatic rings. The van der Waals surface area contributed by atoms with E-state index in [4.69, 9.17) is 5.11 Å². The van der Waals surface area contributed by atoms with Gasteiger partial charge in [-0.15, -0.1) is 0 Å². The SMILES string of the molecule is O=C(O)Nc1c[nH]c2ncc(Br)cc12. The van der Waals surface area contributed by atoms with Crippen molar-refractivity contribution in [2.45, 2.75) is 0 Å². The van der Waals surface area contributed by atoms with Gasteiger partial charge in [-0.25, -0.2) is 9.78 Å². The van der Waals surface area contributed by atoms with Crippen molar-refractivity contribution in [1.29, 1.82) is 0 Å². The van der Waals surface area contributed by atoms with Gasteiger partial charge in [0.1, 0.15) is 5.65 Å². The molecule has 0 fully saturated rings. The molecule has 0 aliphatic heterocycles. The number of pyridine rings is 1. The number of carbonyl (C=O) groups is 1. The predicted molar refractivity (Wildman–Crippen MR) is 55.4 cm³/mol. The summed E-state index contributed by atoms with van der Waals surface area (Å²) in [5.74, 6) is 0. The molecule has 2 heterocycles. The minimum absolute atomic E-state index is 0.501. The van der Waals surface area contributed by atoms with Crippen molar-refractivity contribution < 1.29 is 9.90 Å². The molecule has 0 bridgehead atoms. The molecule has 0 aliphatic carbocycles. The number of halogens is 1. The van der Waals surface area contributed by atoms with Gasteiger partial charge < -0.3 is 10.1 Å². The van der Waals surface area contributed by atoms with E-state index in [1.807, 2.05) is 0 Å². The molecule has 2 aromatic heterocycles. The molecule has 5 nitrogen and oxygen atoms in total. The van der Waals surface area contributed by atoms with Crippen LogP contribution in [-0.2, 0) is 0 Å². The van der Waals surface area contributed by atoms with Crippen LogP contribution < -0.4 is 5.32 Å². The van der Waals surface area contributed by atoms with Crippen molar-refractivity contribution in [3.8, 4) is 0 Å². The molecule has 6 heteroatoms. The second kappa shape index (κ2) is 3.30. The monoisotopic (exact) mass is 255 g/mol. The summed E-state index contributed by atoms with van der Waals surface area (Å²) in [7, 11) is 0. The van der Waals surface area contributed by atoms with Gasteiger partial charge >= 0.3 is 6.09 Å². The van der Waals surface area contributed by atoms with Crippen LogP contribution in [0.4, 0.5) is 10.5 Å². The highest BCUT2D eigenvalue weighted by molar-refractivity contribution is 9.10. The van der Waals surface area contributed by atoms with Gasteiger partial charge in [0.25, 0.3) is 0 Å². The Labute approximate surface area is 87.3 Å². The molecule has 72 valence electrons. The summed E-state index contributed by atoms with van der Waals surface area (Å²) >= 11 is 3.27. The lowest BCUT2D eigenvalue weighted by Crippen LogP contribution is -2.06. The Balaban J connectivity index is 2.55. The highest BCUT2D eigenvalue weighted by Gasteiger charge is 2.06. The number of anilines is 1. The first-order valence-electron chi connectivity index (χ1n) is 3.79. The number of rotatable bonds is 1. The normalized spacial score (nSPS) is 10.4. The van der Waals surface area contributed by atoms with Crippen LogP contribution >= 0.6 is 15.9 Å². The fraction of sp³-hybridized carbons (Fsp3) is 0. The Kier molecular flexibility index (Phi) is 2.12. The van der Waals surface area contributed by atoms with Gasteiger partial charge in [-0.2, -0.15) is 0 Å². The van der Waals surface area contributed by atoms with E-state index in [2.05, 4.69) is 31.2 Å². The summed E-state index contributed by atoms with van der Waals surface area (Å²) in [6.45, 7) is 0. The first-order chi connectivity index (χ1) is 6.66. The van der Waals surface area contributed by atoms with E-state index in [1.165, 1.54) is 0 Å². The fourth-order valence-corrected chi connectivity index (χ4v) is 1.53. The second-order valence-corrected chi connectivity index (χ2v) is 3.60. The average Bonchev–Trinajstić information content (AvgIpc) is 2.47. The summed E-state index contributed by atoms with van der Waals surface area (Å²) in [6, 6.07) is 1.80. The van der Waals surface area contributed by atoms with Crippen LogP contribution in [0, 0.1) is 0 Å². The number of hydrogen-bond donors (Lipinski definition) is 3. The van der Waals surface area contributed by atoms with Crippen molar-refractivity contribution in [2.75, 3.05) is 5.32 Å². The van der Waals surface area contributed by atoms with E-state index in [1.54, 1.807) is 18.5 Å². The first-order valence-corrected chi connectivity index (χ1v) is 4.58. The van der Waals surface area contributed by atoms with E-state index < -0.39 is 6.09 Å². The number of amides is 1. The molecule has 14 heavy (non-hydrogen) atoms. The predicted octanol–water partition coefficient (Wildman–Crippen LogP) is 2.42. The summed E-state index contributed by atoms with van der Waals surface area (Å²) in [5.41, 5.74) is 1.15. The van der Waals surface area contributed by atoms with E-state index in [0.29, 0.717) is 11.3 Å². The van der Waals surface area contributed by atoms with Crippen LogP contribution in [0.3, 0.4) is 0 Å². The Morgan fingerprint density at radius 1 is 1.64 bits per heavy atom. The highest BCUT2D eigenvalue weighted by atomic mass is 79.9. The van der Waals surface area contributed by atoms with E-state index in [9.17, 15) is 4.79 Å². The lowest BCUT2D eigenvalue weighted by Gasteiger charge is -1.97. The van der Waals surface area contributed by atoms with E-state index >= 15 is 0 Å². The number of nitrogens with zero attached hydrogens (tertiary/aromatic N) is 1. The van der Waals surface area contributed by atoms with Gasteiger partial charge in [0.15, 0.2) is 0 Å². The number of nitrogens with one attached hydrogen (secondary N) is 2. The molecule has 0 radical (unpaired) electrons. The molecule has 0 atom stereocenters. The third kappa shape index (κ3) is 1.56. The molecule has 2 rings (SSSR count). The molecular weight excluding hydrogens is 250 g/mol. The summed E-state index contributed by atoms with van der Waals surface area (Å²) < 4.78 is 0.804. The molecule has 3 N–H and O–H groups in total. The summed E-state index contributed by atoms with van der Waals surface area (Å²) in [6.07, 6.45) is 2.12. The first kappa shape index (κ1) is 9.01. The Hall–Kier alpha value is -1.56. The molecule has 0 spiro atoms. The zero-order valence-corrected chi connectivity index (χ0v) is 8.50. The molecule has 2 aromatic rings. The van der Waals surface area contributed by atoms with Crippen LogP contribution in [-0.4, -0.2) is 21.2 Å². The number of fused-ring (bicyclic) bond motifs is 1. The van der Waals surface area contributed by atoms with Crippen LogP contribution in [0.25, 0.3) is 11.0 Å². The molecule has 0 aromatic carbocycles. The van der Waals surface area contributed by atoms with Gasteiger partial charge in [-0.3, -0.25) is 5.32 Å². The fourth-order valence-electron chi connectivity index (χ4n) is 1.20. The smallest absolute Gasteiger partial charge is 0.409 e. The number of H-pyrrole nitrogens is 1. The molecule has 1 amide bonds. The quantitative estimate of drug-likeness (QED) is 0.733. The highest BCUT2D eigenvalue weighted by Crippen LogP contribution is 2.24. The standard InChI is InChI=1S/C8H6BrN3O2/c9-4-1-5-6(12-8(13)14)3-11-7(5)10-2-4/h1-3,12H,(H,10,11)(H,13,14). The van der Waals surface area contributed by atoms with Crippen LogP contribution in [0.15, 0.2) is 22.9 Å². The lowest BCUT2D eigenvalue weighted by molar-refractivity contribution is 0.210. The molecule has 0 saturated heterocycles. The van der Waals surface area contributed by atoms with Gasteiger partial charge in [-0.1, -0.05) is 0 Å². The lowest BCUT2D eigenvalue weighted by atomic mass is 10.3.